The molecule has 0 aliphatic rings. The number of fused-ring (bicyclic) bond motifs is 1. The van der Waals surface area contributed by atoms with Crippen LogP contribution in [0.3, 0.4) is 0 Å². The van der Waals surface area contributed by atoms with Crippen LogP contribution in [-0.2, 0) is 4.79 Å². The van der Waals surface area contributed by atoms with Gasteiger partial charge in [0.2, 0.25) is 5.12 Å². The lowest BCUT2D eigenvalue weighted by molar-refractivity contribution is -0.112. The molecule has 3 rings (SSSR count). The van der Waals surface area contributed by atoms with E-state index in [1.807, 2.05) is 18.2 Å². The Morgan fingerprint density at radius 1 is 1.23 bits per heavy atom. The van der Waals surface area contributed by atoms with Crippen molar-refractivity contribution in [3.8, 4) is 5.75 Å². The third-order valence-electron chi connectivity index (χ3n) is 2.71. The summed E-state index contributed by atoms with van der Waals surface area (Å²) in [5.41, 5.74) is 1.35. The van der Waals surface area contributed by atoms with Gasteiger partial charge in [0.1, 0.15) is 11.3 Å². The van der Waals surface area contributed by atoms with Gasteiger partial charge >= 0.3 is 0 Å². The van der Waals surface area contributed by atoms with Gasteiger partial charge in [0.15, 0.2) is 12.2 Å². The van der Waals surface area contributed by atoms with E-state index in [0.717, 1.165) is 11.8 Å². The van der Waals surface area contributed by atoms with Gasteiger partial charge in [0.05, 0.1) is 5.02 Å². The first-order valence-electron chi connectivity index (χ1n) is 6.26. The minimum Gasteiger partial charge on any atom is -0.483 e. The fourth-order valence-corrected chi connectivity index (χ4v) is 2.80. The van der Waals surface area contributed by atoms with E-state index >= 15 is 0 Å². The van der Waals surface area contributed by atoms with E-state index in [-0.39, 0.29) is 16.9 Å². The SMILES string of the molecule is O=C(COc1ccc(Cl)cc1Cl)Sc1nc2ccccc2o1. The van der Waals surface area contributed by atoms with Crippen molar-refractivity contribution >= 4 is 51.2 Å². The van der Waals surface area contributed by atoms with Crippen molar-refractivity contribution in [2.24, 2.45) is 0 Å². The van der Waals surface area contributed by atoms with E-state index in [4.69, 9.17) is 32.4 Å². The van der Waals surface area contributed by atoms with Crippen LogP contribution in [0.15, 0.2) is 52.1 Å². The van der Waals surface area contributed by atoms with Crippen molar-refractivity contribution in [2.75, 3.05) is 6.61 Å². The Labute approximate surface area is 140 Å². The fourth-order valence-electron chi connectivity index (χ4n) is 1.75. The largest absolute Gasteiger partial charge is 0.483 e. The van der Waals surface area contributed by atoms with Crippen molar-refractivity contribution in [1.29, 1.82) is 0 Å². The highest BCUT2D eigenvalue weighted by Crippen LogP contribution is 2.28. The monoisotopic (exact) mass is 353 g/mol. The molecule has 0 atom stereocenters. The van der Waals surface area contributed by atoms with Crippen LogP contribution in [0.5, 0.6) is 5.75 Å². The van der Waals surface area contributed by atoms with Gasteiger partial charge in [-0.1, -0.05) is 35.3 Å². The van der Waals surface area contributed by atoms with E-state index in [0.29, 0.717) is 26.9 Å². The molecule has 0 N–H and O–H groups in total. The van der Waals surface area contributed by atoms with Crippen molar-refractivity contribution in [3.05, 3.63) is 52.5 Å². The summed E-state index contributed by atoms with van der Waals surface area (Å²) in [6.45, 7) is -0.148. The number of halogens is 2. The Hall–Kier alpha value is -1.69. The lowest BCUT2D eigenvalue weighted by atomic mass is 10.3. The predicted molar refractivity (Wildman–Crippen MR) is 86.8 cm³/mol. The van der Waals surface area contributed by atoms with Crippen LogP contribution in [0.25, 0.3) is 11.1 Å². The maximum atomic E-state index is 11.9. The summed E-state index contributed by atoms with van der Waals surface area (Å²) < 4.78 is 10.8. The first-order valence-corrected chi connectivity index (χ1v) is 7.83. The van der Waals surface area contributed by atoms with Crippen molar-refractivity contribution < 1.29 is 13.9 Å². The van der Waals surface area contributed by atoms with Crippen molar-refractivity contribution in [3.63, 3.8) is 0 Å². The zero-order valence-electron chi connectivity index (χ0n) is 11.1. The van der Waals surface area contributed by atoms with Gasteiger partial charge in [0.25, 0.3) is 5.22 Å². The summed E-state index contributed by atoms with van der Waals surface area (Å²) in [4.78, 5) is 16.1. The molecule has 0 saturated carbocycles. The van der Waals surface area contributed by atoms with Crippen LogP contribution < -0.4 is 4.74 Å². The molecule has 0 amide bonds. The molecule has 0 saturated heterocycles. The molecule has 0 bridgehead atoms. The Bertz CT molecular complexity index is 802. The number of thioether (sulfide) groups is 1. The number of para-hydroxylation sites is 2. The van der Waals surface area contributed by atoms with Gasteiger partial charge in [-0.3, -0.25) is 4.79 Å². The summed E-state index contributed by atoms with van der Waals surface area (Å²) in [5, 5.41) is 0.909. The molecular weight excluding hydrogens is 345 g/mol. The summed E-state index contributed by atoms with van der Waals surface area (Å²) in [5.74, 6) is 0.401. The minimum absolute atomic E-state index is 0.148. The zero-order valence-corrected chi connectivity index (χ0v) is 13.4. The molecule has 22 heavy (non-hydrogen) atoms. The van der Waals surface area contributed by atoms with Gasteiger partial charge in [-0.2, -0.15) is 0 Å². The van der Waals surface area contributed by atoms with E-state index in [2.05, 4.69) is 4.98 Å². The Morgan fingerprint density at radius 2 is 2.05 bits per heavy atom. The molecule has 0 aliphatic heterocycles. The summed E-state index contributed by atoms with van der Waals surface area (Å²) >= 11 is 12.6. The standard InChI is InChI=1S/C15H9Cl2NO3S/c16-9-5-6-12(10(17)7-9)20-8-14(19)22-15-18-11-3-1-2-4-13(11)21-15/h1-7H,8H2. The molecule has 0 radical (unpaired) electrons. The van der Waals surface area contributed by atoms with E-state index in [1.165, 1.54) is 0 Å². The van der Waals surface area contributed by atoms with E-state index < -0.39 is 0 Å². The Balaban J connectivity index is 1.62. The van der Waals surface area contributed by atoms with Gasteiger partial charge < -0.3 is 9.15 Å². The number of carbonyl (C=O) groups is 1. The number of hydrogen-bond donors (Lipinski definition) is 0. The van der Waals surface area contributed by atoms with Gasteiger partial charge in [-0.25, -0.2) is 4.98 Å². The second-order valence-electron chi connectivity index (χ2n) is 4.28. The quantitative estimate of drug-likeness (QED) is 0.628. The molecule has 7 heteroatoms. The molecule has 0 fully saturated rings. The maximum Gasteiger partial charge on any atom is 0.264 e. The topological polar surface area (TPSA) is 52.3 Å². The molecular formula is C15H9Cl2NO3S. The van der Waals surface area contributed by atoms with Crippen LogP contribution in [0, 0.1) is 0 Å². The third-order valence-corrected chi connectivity index (χ3v) is 3.94. The number of hydrogen-bond acceptors (Lipinski definition) is 5. The summed E-state index contributed by atoms with van der Waals surface area (Å²) in [6, 6.07) is 12.1. The highest BCUT2D eigenvalue weighted by molar-refractivity contribution is 8.13. The van der Waals surface area contributed by atoms with E-state index in [9.17, 15) is 4.79 Å². The lowest BCUT2D eigenvalue weighted by Crippen LogP contribution is -2.07. The number of carbonyl (C=O) groups excluding carboxylic acids is 1. The van der Waals surface area contributed by atoms with E-state index in [1.54, 1.807) is 24.3 Å². The maximum absolute atomic E-state index is 11.9. The summed E-state index contributed by atoms with van der Waals surface area (Å²) in [7, 11) is 0. The first kappa shape index (κ1) is 15.2. The van der Waals surface area contributed by atoms with Crippen molar-refractivity contribution in [2.45, 2.75) is 5.22 Å². The number of nitrogens with zero attached hydrogens (tertiary/aromatic N) is 1. The molecule has 1 aromatic heterocycles. The first-order chi connectivity index (χ1) is 10.6. The van der Waals surface area contributed by atoms with Gasteiger partial charge in [0, 0.05) is 16.8 Å². The third kappa shape index (κ3) is 3.55. The van der Waals surface area contributed by atoms with Crippen molar-refractivity contribution in [1.82, 2.24) is 4.98 Å². The fraction of sp³-hybridized carbons (Fsp3) is 0.0667. The number of ether oxygens (including phenoxy) is 1. The Morgan fingerprint density at radius 3 is 2.82 bits per heavy atom. The van der Waals surface area contributed by atoms with Gasteiger partial charge in [-0.15, -0.1) is 0 Å². The molecule has 1 heterocycles. The highest BCUT2D eigenvalue weighted by atomic mass is 35.5. The molecule has 3 aromatic rings. The van der Waals surface area contributed by atoms with Crippen LogP contribution in [-0.4, -0.2) is 16.7 Å². The highest BCUT2D eigenvalue weighted by Gasteiger charge is 2.13. The lowest BCUT2D eigenvalue weighted by Gasteiger charge is -2.06. The number of rotatable bonds is 4. The van der Waals surface area contributed by atoms with Gasteiger partial charge in [-0.05, 0) is 30.3 Å². The molecule has 0 unspecified atom stereocenters. The number of oxazole rings is 1. The number of benzene rings is 2. The average Bonchev–Trinajstić information content (AvgIpc) is 2.88. The zero-order chi connectivity index (χ0) is 15.5. The normalized spacial score (nSPS) is 10.8. The molecule has 112 valence electrons. The molecule has 0 aliphatic carbocycles. The summed E-state index contributed by atoms with van der Waals surface area (Å²) in [6.07, 6.45) is 0. The minimum atomic E-state index is -0.238. The van der Waals surface area contributed by atoms with Crippen LogP contribution >= 0.6 is 35.0 Å². The Kier molecular flexibility index (Phi) is 4.57. The second-order valence-corrected chi connectivity index (χ2v) is 6.14. The number of aromatic nitrogens is 1. The van der Waals surface area contributed by atoms with Crippen LogP contribution in [0.4, 0.5) is 0 Å². The molecule has 4 nitrogen and oxygen atoms in total. The molecule has 0 spiro atoms. The predicted octanol–water partition coefficient (Wildman–Crippen LogP) is 4.83. The average molecular weight is 354 g/mol. The molecule has 2 aromatic carbocycles. The van der Waals surface area contributed by atoms with Crippen LogP contribution in [0.2, 0.25) is 10.0 Å². The second kappa shape index (κ2) is 6.60. The smallest absolute Gasteiger partial charge is 0.264 e. The van der Waals surface area contributed by atoms with Crippen LogP contribution in [0.1, 0.15) is 0 Å².